The molecule has 2 aromatic carbocycles. The Balaban J connectivity index is 2.15. The van der Waals surface area contributed by atoms with E-state index >= 15 is 0 Å². The van der Waals surface area contributed by atoms with Gasteiger partial charge in [0, 0.05) is 28.4 Å². The van der Waals surface area contributed by atoms with Crippen molar-refractivity contribution in [2.24, 2.45) is 0 Å². The zero-order chi connectivity index (χ0) is 23.0. The van der Waals surface area contributed by atoms with Crippen molar-refractivity contribution in [1.82, 2.24) is 0 Å². The summed E-state index contributed by atoms with van der Waals surface area (Å²) in [5.41, 5.74) is 0.829. The number of anilines is 2. The average Bonchev–Trinajstić information content (AvgIpc) is 2.69. The maximum absolute atomic E-state index is 12.8. The molecule has 0 saturated carbocycles. The highest BCUT2D eigenvalue weighted by Gasteiger charge is 2.18. The molecule has 0 radical (unpaired) electrons. The van der Waals surface area contributed by atoms with Gasteiger partial charge < -0.3 is 10.1 Å². The molecule has 0 unspecified atom stereocenters. The second-order valence-corrected chi connectivity index (χ2v) is 8.78. The number of aryl methyl sites for hydroxylation is 1. The minimum atomic E-state index is -4.02. The lowest BCUT2D eigenvalue weighted by molar-refractivity contribution is -0.137. The van der Waals surface area contributed by atoms with E-state index < -0.39 is 27.7 Å². The van der Waals surface area contributed by atoms with Gasteiger partial charge in [-0.2, -0.15) is 8.78 Å². The van der Waals surface area contributed by atoms with Gasteiger partial charge in [0.25, 0.3) is 15.8 Å². The van der Waals surface area contributed by atoms with E-state index in [2.05, 4.69) is 14.8 Å². The van der Waals surface area contributed by atoms with Crippen LogP contribution in [0.25, 0.3) is 0 Å². The molecule has 0 saturated heterocycles. The summed E-state index contributed by atoms with van der Waals surface area (Å²) in [7, 11) is -4.02. The van der Waals surface area contributed by atoms with Gasteiger partial charge in [0.1, 0.15) is 0 Å². The second kappa shape index (κ2) is 10.9. The third kappa shape index (κ3) is 7.68. The lowest BCUT2D eigenvalue weighted by atomic mass is 10.2. The number of halogens is 2. The van der Waals surface area contributed by atoms with Crippen LogP contribution in [0.2, 0.25) is 0 Å². The quantitative estimate of drug-likeness (QED) is 0.324. The molecule has 0 aliphatic carbocycles. The topological polar surface area (TPSA) is 102 Å². The molecule has 0 aliphatic rings. The fraction of sp³-hybridized carbons (Fsp3) is 0.200. The largest absolute Gasteiger partial charge is 0.463 e. The van der Waals surface area contributed by atoms with Crippen LogP contribution in [0, 0.1) is 6.92 Å². The van der Waals surface area contributed by atoms with Gasteiger partial charge in [-0.3, -0.25) is 9.52 Å². The van der Waals surface area contributed by atoms with Crippen LogP contribution in [0.1, 0.15) is 12.5 Å². The summed E-state index contributed by atoms with van der Waals surface area (Å²) < 4.78 is 57.4. The van der Waals surface area contributed by atoms with Gasteiger partial charge in [-0.25, -0.2) is 13.2 Å². The van der Waals surface area contributed by atoms with Gasteiger partial charge in [-0.05, 0) is 55.8 Å². The molecular weight excluding hydrogens is 450 g/mol. The summed E-state index contributed by atoms with van der Waals surface area (Å²) in [6, 6.07) is 9.83. The van der Waals surface area contributed by atoms with Crippen LogP contribution < -0.4 is 10.0 Å². The van der Waals surface area contributed by atoms with E-state index in [9.17, 15) is 26.8 Å². The average molecular weight is 471 g/mol. The SMILES string of the molecule is CCOC(=O)/C=C/C(=O)Nc1ccc(C)c(S(=O)(=O)Nc2ccc(SC(F)F)cc2)c1. The smallest absolute Gasteiger partial charge is 0.330 e. The maximum Gasteiger partial charge on any atom is 0.330 e. The van der Waals surface area contributed by atoms with E-state index in [0.29, 0.717) is 22.2 Å². The number of hydrogen-bond acceptors (Lipinski definition) is 6. The Bertz CT molecular complexity index is 1070. The van der Waals surface area contributed by atoms with Crippen molar-refractivity contribution in [3.8, 4) is 0 Å². The Morgan fingerprint density at radius 1 is 1.10 bits per heavy atom. The first-order chi connectivity index (χ1) is 14.6. The summed E-state index contributed by atoms with van der Waals surface area (Å²) in [5.74, 6) is -3.89. The number of nitrogens with one attached hydrogen (secondary N) is 2. The number of esters is 1. The molecular formula is C20H20F2N2O5S2. The van der Waals surface area contributed by atoms with Gasteiger partial charge in [0.2, 0.25) is 5.91 Å². The number of hydrogen-bond donors (Lipinski definition) is 2. The van der Waals surface area contributed by atoms with Crippen LogP contribution in [0.3, 0.4) is 0 Å². The van der Waals surface area contributed by atoms with Gasteiger partial charge in [-0.1, -0.05) is 17.8 Å². The molecule has 0 bridgehead atoms. The standard InChI is InChI=1S/C20H20F2N2O5S2/c1-3-29-19(26)11-10-18(25)23-15-5-4-13(2)17(12-15)31(27,28)24-14-6-8-16(9-7-14)30-20(21)22/h4-12,20,24H,3H2,1-2H3,(H,23,25)/b11-10+. The van der Waals surface area contributed by atoms with E-state index in [4.69, 9.17) is 0 Å². The molecule has 2 rings (SSSR count). The van der Waals surface area contributed by atoms with Crippen LogP contribution in [-0.2, 0) is 24.3 Å². The van der Waals surface area contributed by atoms with Crippen molar-refractivity contribution in [2.75, 3.05) is 16.6 Å². The van der Waals surface area contributed by atoms with Crippen molar-refractivity contribution in [3.05, 3.63) is 60.2 Å². The molecule has 0 fully saturated rings. The van der Waals surface area contributed by atoms with Gasteiger partial charge in [0.15, 0.2) is 0 Å². The first kappa shape index (κ1) is 24.4. The zero-order valence-corrected chi connectivity index (χ0v) is 18.2. The third-order valence-electron chi connectivity index (χ3n) is 3.73. The third-order valence-corrected chi connectivity index (χ3v) is 5.98. The van der Waals surface area contributed by atoms with E-state index in [1.165, 1.54) is 42.5 Å². The molecule has 0 heterocycles. The molecule has 0 atom stereocenters. The number of alkyl halides is 2. The molecule has 166 valence electrons. The molecule has 2 N–H and O–H groups in total. The minimum absolute atomic E-state index is 0.0781. The monoisotopic (exact) mass is 470 g/mol. The number of amides is 1. The summed E-state index contributed by atoms with van der Waals surface area (Å²) in [6.45, 7) is 3.39. The Kier molecular flexibility index (Phi) is 8.57. The summed E-state index contributed by atoms with van der Waals surface area (Å²) in [4.78, 5) is 23.4. The summed E-state index contributed by atoms with van der Waals surface area (Å²) >= 11 is 0.355. The predicted molar refractivity (Wildman–Crippen MR) is 115 cm³/mol. The van der Waals surface area contributed by atoms with Crippen molar-refractivity contribution < 1.29 is 31.5 Å². The summed E-state index contributed by atoms with van der Waals surface area (Å²) in [6.07, 6.45) is 1.94. The Labute approximate surface area is 182 Å². The van der Waals surface area contributed by atoms with E-state index in [-0.39, 0.29) is 22.9 Å². The molecule has 0 aliphatic heterocycles. The van der Waals surface area contributed by atoms with Crippen LogP contribution >= 0.6 is 11.8 Å². The fourth-order valence-electron chi connectivity index (χ4n) is 2.40. The van der Waals surface area contributed by atoms with Gasteiger partial charge in [-0.15, -0.1) is 0 Å². The molecule has 0 spiro atoms. The number of sulfonamides is 1. The first-order valence-corrected chi connectivity index (χ1v) is 11.3. The molecule has 2 aromatic rings. The Hall–Kier alpha value is -2.92. The zero-order valence-electron chi connectivity index (χ0n) is 16.6. The van der Waals surface area contributed by atoms with E-state index in [1.54, 1.807) is 13.8 Å². The van der Waals surface area contributed by atoms with Crippen LogP contribution in [0.15, 0.2) is 64.4 Å². The lowest BCUT2D eigenvalue weighted by Crippen LogP contribution is -2.15. The number of carbonyl (C=O) groups is 2. The van der Waals surface area contributed by atoms with Gasteiger partial charge in [0.05, 0.1) is 11.5 Å². The molecule has 31 heavy (non-hydrogen) atoms. The maximum atomic E-state index is 12.8. The number of thioether (sulfide) groups is 1. The normalized spacial score (nSPS) is 11.5. The highest BCUT2D eigenvalue weighted by molar-refractivity contribution is 7.99. The number of carbonyl (C=O) groups excluding carboxylic acids is 2. The number of ether oxygens (including phenoxy) is 1. The van der Waals surface area contributed by atoms with Crippen molar-refractivity contribution in [1.29, 1.82) is 0 Å². The molecule has 7 nitrogen and oxygen atoms in total. The number of rotatable bonds is 9. The lowest BCUT2D eigenvalue weighted by Gasteiger charge is -2.12. The summed E-state index contributed by atoms with van der Waals surface area (Å²) in [5, 5.41) is 2.47. The van der Waals surface area contributed by atoms with Crippen LogP contribution in [-0.4, -0.2) is 32.7 Å². The van der Waals surface area contributed by atoms with Gasteiger partial charge >= 0.3 is 5.97 Å². The molecule has 0 aromatic heterocycles. The minimum Gasteiger partial charge on any atom is -0.463 e. The fourth-order valence-corrected chi connectivity index (χ4v) is 4.23. The van der Waals surface area contributed by atoms with Crippen LogP contribution in [0.4, 0.5) is 20.2 Å². The van der Waals surface area contributed by atoms with E-state index in [1.807, 2.05) is 0 Å². The van der Waals surface area contributed by atoms with Crippen LogP contribution in [0.5, 0.6) is 0 Å². The first-order valence-electron chi connectivity index (χ1n) is 8.95. The number of benzene rings is 2. The van der Waals surface area contributed by atoms with Crippen molar-refractivity contribution in [2.45, 2.75) is 29.4 Å². The Morgan fingerprint density at radius 2 is 1.74 bits per heavy atom. The molecule has 1 amide bonds. The highest BCUT2D eigenvalue weighted by atomic mass is 32.2. The highest BCUT2D eigenvalue weighted by Crippen LogP contribution is 2.28. The van der Waals surface area contributed by atoms with Crippen molar-refractivity contribution >= 4 is 45.0 Å². The predicted octanol–water partition coefficient (Wildman–Crippen LogP) is 4.17. The molecule has 11 heteroatoms. The second-order valence-electron chi connectivity index (χ2n) is 6.06. The van der Waals surface area contributed by atoms with E-state index in [0.717, 1.165) is 12.2 Å². The Morgan fingerprint density at radius 3 is 2.35 bits per heavy atom. The van der Waals surface area contributed by atoms with Crippen molar-refractivity contribution in [3.63, 3.8) is 0 Å².